The van der Waals surface area contributed by atoms with Crippen molar-refractivity contribution in [1.29, 1.82) is 0 Å². The summed E-state index contributed by atoms with van der Waals surface area (Å²) in [5.74, 6) is 2.05. The van der Waals surface area contributed by atoms with Gasteiger partial charge in [-0.2, -0.15) is 0 Å². The molecule has 0 aromatic heterocycles. The number of carbonyl (C=O) groups excluding carboxylic acids is 11. The van der Waals surface area contributed by atoms with Crippen LogP contribution in [0.3, 0.4) is 0 Å². The Morgan fingerprint density at radius 2 is 0.623 bits per heavy atom. The van der Waals surface area contributed by atoms with E-state index in [1.54, 1.807) is 55.4 Å². The largest absolute Gasteiger partial charge is 0.381 e. The maximum atomic E-state index is 11.5. The number of rotatable bonds is 37. The number of ether oxygens (including phenoxy) is 2. The zero-order valence-electron chi connectivity index (χ0n) is 52.0. The summed E-state index contributed by atoms with van der Waals surface area (Å²) in [5, 5.41) is 10.3. The highest BCUT2D eigenvalue weighted by Crippen LogP contribution is 2.09. The molecule has 77 heavy (non-hydrogen) atoms. The van der Waals surface area contributed by atoms with E-state index >= 15 is 0 Å². The van der Waals surface area contributed by atoms with Gasteiger partial charge in [-0.15, -0.1) is 0 Å². The first-order valence-electron chi connectivity index (χ1n) is 28.5. The standard InChI is InChI=1S/C15H27NO4.C15H28O3.C12H22N2O3.C9H17NO2.C9H18O/c1-11(2)14(18)7-9-20-8-5-6-13(17)10-16-15(19)12(3)4;1-12(2)7-8-14(16)6-5-10-18-11-9-15(17)13(3)4;1-8(2)10(15)7-14-11(16)5-6-13-12(17)9(3)4;1-6(2)8(11)5-10-9(12)7(3)4;1-7(2)5-6-9(10)8(3)4/h11-12H,5-10H2,1-4H3,(H,16,19);12-13H,5-11H2,1-4H3;8-9H,5-7H2,1-4H3,(H,13,17)(H,14,16);6-7H,5H2,1-4H3,(H,10,12);7-8H,5-6H2,1-4H3. The van der Waals surface area contributed by atoms with Gasteiger partial charge >= 0.3 is 0 Å². The van der Waals surface area contributed by atoms with Gasteiger partial charge in [0, 0.05) is 112 Å². The maximum absolute atomic E-state index is 11.5. The van der Waals surface area contributed by atoms with E-state index in [1.165, 1.54) is 0 Å². The lowest BCUT2D eigenvalue weighted by molar-refractivity contribution is -0.128. The second-order valence-corrected chi connectivity index (χ2v) is 22.7. The van der Waals surface area contributed by atoms with Gasteiger partial charge in [0.2, 0.25) is 23.6 Å². The first kappa shape index (κ1) is 81.3. The topological polar surface area (TPSA) is 254 Å². The Morgan fingerprint density at radius 3 is 0.987 bits per heavy atom. The van der Waals surface area contributed by atoms with Crippen molar-refractivity contribution in [2.75, 3.05) is 52.6 Å². The summed E-state index contributed by atoms with van der Waals surface area (Å²) in [4.78, 5) is 124. The van der Waals surface area contributed by atoms with E-state index in [1.807, 2.05) is 55.4 Å². The van der Waals surface area contributed by atoms with Crippen LogP contribution < -0.4 is 21.3 Å². The average molecular weight is 1100 g/mol. The number of hydrogen-bond acceptors (Lipinski definition) is 13. The average Bonchev–Trinajstić information content (AvgIpc) is 3.34. The molecule has 0 aliphatic carbocycles. The van der Waals surface area contributed by atoms with Gasteiger partial charge in [-0.3, -0.25) is 52.7 Å². The predicted octanol–water partition coefficient (Wildman–Crippen LogP) is 9.26. The van der Waals surface area contributed by atoms with Crippen LogP contribution >= 0.6 is 0 Å². The van der Waals surface area contributed by atoms with Crippen LogP contribution in [0.25, 0.3) is 0 Å². The molecule has 0 atom stereocenters. The van der Waals surface area contributed by atoms with Crippen molar-refractivity contribution < 1.29 is 62.2 Å². The summed E-state index contributed by atoms with van der Waals surface area (Å²) in [6.45, 7) is 40.5. The lowest BCUT2D eigenvalue weighted by Gasteiger charge is -2.08. The minimum Gasteiger partial charge on any atom is -0.381 e. The van der Waals surface area contributed by atoms with Gasteiger partial charge in [0.1, 0.15) is 23.1 Å². The van der Waals surface area contributed by atoms with Crippen LogP contribution in [0.5, 0.6) is 0 Å². The number of ketones is 7. The van der Waals surface area contributed by atoms with E-state index in [9.17, 15) is 52.7 Å². The van der Waals surface area contributed by atoms with Crippen LogP contribution in [-0.4, -0.2) is 117 Å². The third-order valence-corrected chi connectivity index (χ3v) is 11.2. The zero-order chi connectivity index (χ0) is 60.8. The number of amides is 4. The number of nitrogens with one attached hydrogen (secondary N) is 4. The molecule has 0 aliphatic heterocycles. The number of hydrogen-bond donors (Lipinski definition) is 4. The molecule has 0 aliphatic rings. The highest BCUT2D eigenvalue weighted by molar-refractivity contribution is 5.89. The van der Waals surface area contributed by atoms with Crippen molar-refractivity contribution in [3.63, 3.8) is 0 Å². The maximum Gasteiger partial charge on any atom is 0.222 e. The van der Waals surface area contributed by atoms with Gasteiger partial charge < -0.3 is 30.7 Å². The van der Waals surface area contributed by atoms with Crippen LogP contribution in [-0.2, 0) is 62.2 Å². The normalized spacial score (nSPS) is 10.8. The molecule has 0 saturated heterocycles. The van der Waals surface area contributed by atoms with E-state index in [-0.39, 0.29) is 126 Å². The second kappa shape index (κ2) is 51.0. The molecular weight excluding hydrogens is 985 g/mol. The Bertz CT molecular complexity index is 1660. The summed E-state index contributed by atoms with van der Waals surface area (Å²) in [6, 6.07) is 0. The van der Waals surface area contributed by atoms with Crippen molar-refractivity contribution in [1.82, 2.24) is 21.3 Å². The highest BCUT2D eigenvalue weighted by atomic mass is 16.5. The second-order valence-electron chi connectivity index (χ2n) is 22.7. The van der Waals surface area contributed by atoms with E-state index in [4.69, 9.17) is 9.47 Å². The Kier molecular flexibility index (Phi) is 53.8. The molecule has 4 amide bonds. The van der Waals surface area contributed by atoms with Gasteiger partial charge in [-0.25, -0.2) is 0 Å². The number of carbonyl (C=O) groups is 11. The molecule has 17 nitrogen and oxygen atoms in total. The van der Waals surface area contributed by atoms with Crippen molar-refractivity contribution in [3.05, 3.63) is 0 Å². The van der Waals surface area contributed by atoms with Crippen molar-refractivity contribution in [2.24, 2.45) is 59.2 Å². The minimum atomic E-state index is -0.219. The first-order valence-corrected chi connectivity index (χ1v) is 28.5. The quantitative estimate of drug-likeness (QED) is 0.0424. The molecule has 0 fully saturated rings. The Hall–Kier alpha value is -4.51. The van der Waals surface area contributed by atoms with Gasteiger partial charge in [0.05, 0.1) is 32.8 Å². The Morgan fingerprint density at radius 1 is 0.299 bits per heavy atom. The van der Waals surface area contributed by atoms with Gasteiger partial charge in [-0.1, -0.05) is 138 Å². The van der Waals surface area contributed by atoms with Crippen molar-refractivity contribution in [3.8, 4) is 0 Å². The monoisotopic (exact) mass is 1100 g/mol. The van der Waals surface area contributed by atoms with Crippen LogP contribution in [0.4, 0.5) is 0 Å². The fraction of sp³-hybridized carbons (Fsp3) is 0.817. The van der Waals surface area contributed by atoms with Crippen LogP contribution in [0.2, 0.25) is 0 Å². The molecule has 0 aromatic carbocycles. The summed E-state index contributed by atoms with van der Waals surface area (Å²) in [5.41, 5.74) is 0. The molecule has 0 radical (unpaired) electrons. The van der Waals surface area contributed by atoms with E-state index < -0.39 is 0 Å². The van der Waals surface area contributed by atoms with Crippen LogP contribution in [0.1, 0.15) is 209 Å². The Balaban J connectivity index is -0.000000286. The van der Waals surface area contributed by atoms with Gasteiger partial charge in [0.25, 0.3) is 0 Å². The molecule has 0 rings (SSSR count). The lowest BCUT2D eigenvalue weighted by atomic mass is 10.00. The van der Waals surface area contributed by atoms with Gasteiger partial charge in [0.15, 0.2) is 17.3 Å². The molecule has 0 bridgehead atoms. The molecule has 0 saturated carbocycles. The molecule has 4 N–H and O–H groups in total. The molecule has 0 heterocycles. The molecular formula is C60H112N4O13. The fourth-order valence-corrected chi connectivity index (χ4v) is 5.21. The summed E-state index contributed by atoms with van der Waals surface area (Å²) in [6.07, 6.45) is 6.94. The van der Waals surface area contributed by atoms with Crippen LogP contribution in [0, 0.1) is 59.2 Å². The summed E-state index contributed by atoms with van der Waals surface area (Å²) < 4.78 is 10.7. The molecule has 450 valence electrons. The number of Topliss-reactive ketones (excluding diaryl/α,β-unsaturated/α-hetero) is 7. The zero-order valence-corrected chi connectivity index (χ0v) is 52.0. The van der Waals surface area contributed by atoms with Crippen LogP contribution in [0.15, 0.2) is 0 Å². The van der Waals surface area contributed by atoms with E-state index in [0.29, 0.717) is 94.9 Å². The van der Waals surface area contributed by atoms with Crippen molar-refractivity contribution >= 4 is 64.1 Å². The molecule has 17 heteroatoms. The van der Waals surface area contributed by atoms with E-state index in [2.05, 4.69) is 49.0 Å². The summed E-state index contributed by atoms with van der Waals surface area (Å²) >= 11 is 0. The summed E-state index contributed by atoms with van der Waals surface area (Å²) in [7, 11) is 0. The smallest absolute Gasteiger partial charge is 0.222 e. The third-order valence-electron chi connectivity index (χ3n) is 11.2. The molecule has 0 unspecified atom stereocenters. The highest BCUT2D eigenvalue weighted by Gasteiger charge is 2.14. The first-order chi connectivity index (χ1) is 35.6. The van der Waals surface area contributed by atoms with Crippen molar-refractivity contribution in [2.45, 2.75) is 209 Å². The SMILES string of the molecule is CC(C)C(=O)CCOCCCC(=O)CNC(=O)C(C)C.CC(C)C(=O)CNC(=O)C(C)C.CC(C)C(=O)CNC(=O)CCNC(=O)C(C)C.CC(C)CCC(=O)C(C)C.CC(C)CCC(=O)CCCOCCC(=O)C(C)C. The Labute approximate surface area is 466 Å². The molecule has 0 aromatic rings. The molecule has 0 spiro atoms. The lowest BCUT2D eigenvalue weighted by Crippen LogP contribution is -2.35. The fourth-order valence-electron chi connectivity index (χ4n) is 5.21. The van der Waals surface area contributed by atoms with E-state index in [0.717, 1.165) is 25.7 Å². The minimum absolute atomic E-state index is 0.000793. The predicted molar refractivity (Wildman–Crippen MR) is 308 cm³/mol. The van der Waals surface area contributed by atoms with Gasteiger partial charge in [-0.05, 0) is 37.5 Å². The third kappa shape index (κ3) is 59.0.